The van der Waals surface area contributed by atoms with Crippen molar-refractivity contribution in [2.45, 2.75) is 12.8 Å². The molecule has 21 heavy (non-hydrogen) atoms. The zero-order valence-corrected chi connectivity index (χ0v) is 13.7. The number of halogens is 2. The van der Waals surface area contributed by atoms with E-state index in [1.54, 1.807) is 18.2 Å². The van der Waals surface area contributed by atoms with E-state index in [1.165, 1.54) is 6.42 Å². The van der Waals surface area contributed by atoms with Crippen molar-refractivity contribution in [3.63, 3.8) is 0 Å². The van der Waals surface area contributed by atoms with Crippen molar-refractivity contribution in [2.75, 3.05) is 38.5 Å². The van der Waals surface area contributed by atoms with E-state index in [0.29, 0.717) is 28.2 Å². The van der Waals surface area contributed by atoms with Gasteiger partial charge in [-0.1, -0.05) is 23.2 Å². The van der Waals surface area contributed by atoms with Gasteiger partial charge in [-0.15, -0.1) is 0 Å². The summed E-state index contributed by atoms with van der Waals surface area (Å²) in [7, 11) is 1.97. The number of amides is 1. The standard InChI is InChI=1S/C15H21Cl2N3O/c1-18-8-11-3-2-6-20(9-11)10-15(21)19-14-7-12(16)4-5-13(14)17/h4-5,7,11,18H,2-3,6,8-10H2,1H3,(H,19,21). The van der Waals surface area contributed by atoms with Crippen molar-refractivity contribution in [1.29, 1.82) is 0 Å². The fourth-order valence-electron chi connectivity index (χ4n) is 2.74. The molecule has 0 saturated carbocycles. The van der Waals surface area contributed by atoms with Crippen molar-refractivity contribution in [3.05, 3.63) is 28.2 Å². The Morgan fingerprint density at radius 3 is 3.00 bits per heavy atom. The molecule has 4 nitrogen and oxygen atoms in total. The number of nitrogens with zero attached hydrogens (tertiary/aromatic N) is 1. The molecule has 1 fully saturated rings. The molecule has 1 unspecified atom stereocenters. The molecule has 1 heterocycles. The fourth-order valence-corrected chi connectivity index (χ4v) is 3.07. The van der Waals surface area contributed by atoms with Gasteiger partial charge in [0.15, 0.2) is 0 Å². The fraction of sp³-hybridized carbons (Fsp3) is 0.533. The lowest BCUT2D eigenvalue weighted by Gasteiger charge is -2.32. The highest BCUT2D eigenvalue weighted by Gasteiger charge is 2.21. The summed E-state index contributed by atoms with van der Waals surface area (Å²) in [6, 6.07) is 5.05. The number of benzene rings is 1. The van der Waals surface area contributed by atoms with E-state index >= 15 is 0 Å². The first-order valence-corrected chi connectivity index (χ1v) is 7.96. The Labute approximate surface area is 135 Å². The molecule has 2 N–H and O–H groups in total. The van der Waals surface area contributed by atoms with Crippen LogP contribution >= 0.6 is 23.2 Å². The van der Waals surface area contributed by atoms with Gasteiger partial charge in [0, 0.05) is 11.6 Å². The molecule has 1 aromatic rings. The topological polar surface area (TPSA) is 44.4 Å². The van der Waals surface area contributed by atoms with Crippen LogP contribution in [0.5, 0.6) is 0 Å². The molecule has 1 amide bonds. The predicted octanol–water partition coefficient (Wildman–Crippen LogP) is 2.86. The average molecular weight is 330 g/mol. The van der Waals surface area contributed by atoms with Gasteiger partial charge in [0.05, 0.1) is 17.3 Å². The van der Waals surface area contributed by atoms with Crippen LogP contribution in [-0.4, -0.2) is 44.0 Å². The Bertz CT molecular complexity index is 494. The third kappa shape index (κ3) is 5.15. The average Bonchev–Trinajstić information content (AvgIpc) is 2.43. The van der Waals surface area contributed by atoms with Gasteiger partial charge in [0.1, 0.15) is 0 Å². The molecular weight excluding hydrogens is 309 g/mol. The van der Waals surface area contributed by atoms with Crippen LogP contribution in [0.1, 0.15) is 12.8 Å². The predicted molar refractivity (Wildman–Crippen MR) is 88.2 cm³/mol. The number of piperidine rings is 1. The van der Waals surface area contributed by atoms with Crippen LogP contribution in [0.3, 0.4) is 0 Å². The Morgan fingerprint density at radius 2 is 2.24 bits per heavy atom. The van der Waals surface area contributed by atoms with Gasteiger partial charge in [-0.3, -0.25) is 9.69 Å². The molecule has 1 aliphatic rings. The van der Waals surface area contributed by atoms with Gasteiger partial charge in [-0.2, -0.15) is 0 Å². The molecule has 0 aromatic heterocycles. The first-order valence-electron chi connectivity index (χ1n) is 7.20. The van der Waals surface area contributed by atoms with E-state index in [-0.39, 0.29) is 5.91 Å². The van der Waals surface area contributed by atoms with Crippen molar-refractivity contribution in [2.24, 2.45) is 5.92 Å². The summed E-state index contributed by atoms with van der Waals surface area (Å²) in [5.74, 6) is 0.565. The molecule has 2 rings (SSSR count). The quantitative estimate of drug-likeness (QED) is 0.873. The maximum Gasteiger partial charge on any atom is 0.238 e. The molecule has 1 aliphatic heterocycles. The van der Waals surface area contributed by atoms with Crippen molar-refractivity contribution < 1.29 is 4.79 Å². The summed E-state index contributed by atoms with van der Waals surface area (Å²) in [5.41, 5.74) is 0.568. The van der Waals surface area contributed by atoms with Crippen LogP contribution in [0.25, 0.3) is 0 Å². The minimum absolute atomic E-state index is 0.0516. The number of carbonyl (C=O) groups is 1. The number of nitrogens with one attached hydrogen (secondary N) is 2. The molecule has 6 heteroatoms. The summed E-state index contributed by atoms with van der Waals surface area (Å²) >= 11 is 12.0. The van der Waals surface area contributed by atoms with Crippen LogP contribution in [0.15, 0.2) is 18.2 Å². The number of anilines is 1. The molecule has 0 radical (unpaired) electrons. The molecule has 1 saturated heterocycles. The molecular formula is C15H21Cl2N3O. The second-order valence-corrected chi connectivity index (χ2v) is 6.32. The second kappa shape index (κ2) is 7.99. The monoisotopic (exact) mass is 329 g/mol. The van der Waals surface area contributed by atoms with Crippen LogP contribution in [0.4, 0.5) is 5.69 Å². The highest BCUT2D eigenvalue weighted by atomic mass is 35.5. The van der Waals surface area contributed by atoms with E-state index in [9.17, 15) is 4.79 Å². The van der Waals surface area contributed by atoms with E-state index in [0.717, 1.165) is 26.1 Å². The van der Waals surface area contributed by atoms with Gasteiger partial charge in [0.25, 0.3) is 0 Å². The Kier molecular flexibility index (Phi) is 6.30. The highest BCUT2D eigenvalue weighted by Crippen LogP contribution is 2.25. The largest absolute Gasteiger partial charge is 0.324 e. The first kappa shape index (κ1) is 16.6. The minimum Gasteiger partial charge on any atom is -0.324 e. The van der Waals surface area contributed by atoms with Gasteiger partial charge < -0.3 is 10.6 Å². The van der Waals surface area contributed by atoms with E-state index in [2.05, 4.69) is 15.5 Å². The SMILES string of the molecule is CNCC1CCCN(CC(=O)Nc2cc(Cl)ccc2Cl)C1. The minimum atomic E-state index is -0.0516. The maximum absolute atomic E-state index is 12.1. The molecule has 0 spiro atoms. The normalized spacial score (nSPS) is 19.5. The lowest BCUT2D eigenvalue weighted by Crippen LogP contribution is -2.42. The zero-order chi connectivity index (χ0) is 15.2. The summed E-state index contributed by atoms with van der Waals surface area (Å²) in [4.78, 5) is 14.3. The number of hydrogen-bond acceptors (Lipinski definition) is 3. The smallest absolute Gasteiger partial charge is 0.238 e. The highest BCUT2D eigenvalue weighted by molar-refractivity contribution is 6.35. The zero-order valence-electron chi connectivity index (χ0n) is 12.2. The Morgan fingerprint density at radius 1 is 1.43 bits per heavy atom. The molecule has 1 aromatic carbocycles. The van der Waals surface area contributed by atoms with E-state index < -0.39 is 0 Å². The lowest BCUT2D eigenvalue weighted by atomic mass is 9.98. The second-order valence-electron chi connectivity index (χ2n) is 5.47. The summed E-state index contributed by atoms with van der Waals surface area (Å²) < 4.78 is 0. The molecule has 116 valence electrons. The molecule has 0 bridgehead atoms. The Balaban J connectivity index is 1.88. The van der Waals surface area contributed by atoms with E-state index in [1.807, 2.05) is 7.05 Å². The molecule has 1 atom stereocenters. The summed E-state index contributed by atoms with van der Waals surface area (Å²) in [6.45, 7) is 3.32. The lowest BCUT2D eigenvalue weighted by molar-refractivity contribution is -0.117. The number of rotatable bonds is 5. The van der Waals surface area contributed by atoms with E-state index in [4.69, 9.17) is 23.2 Å². The number of hydrogen-bond donors (Lipinski definition) is 2. The number of likely N-dealkylation sites (tertiary alicyclic amines) is 1. The Hall–Kier alpha value is -0.810. The van der Waals surface area contributed by atoms with Crippen LogP contribution < -0.4 is 10.6 Å². The van der Waals surface area contributed by atoms with Crippen LogP contribution in [0, 0.1) is 5.92 Å². The summed E-state index contributed by atoms with van der Waals surface area (Å²) in [5, 5.41) is 7.09. The van der Waals surface area contributed by atoms with Crippen molar-refractivity contribution in [1.82, 2.24) is 10.2 Å². The van der Waals surface area contributed by atoms with Crippen LogP contribution in [0.2, 0.25) is 10.0 Å². The third-order valence-corrected chi connectivity index (χ3v) is 4.23. The van der Waals surface area contributed by atoms with Crippen molar-refractivity contribution in [3.8, 4) is 0 Å². The van der Waals surface area contributed by atoms with Crippen molar-refractivity contribution >= 4 is 34.8 Å². The van der Waals surface area contributed by atoms with Gasteiger partial charge >= 0.3 is 0 Å². The molecule has 0 aliphatic carbocycles. The maximum atomic E-state index is 12.1. The third-order valence-electron chi connectivity index (χ3n) is 3.67. The van der Waals surface area contributed by atoms with Gasteiger partial charge in [0.2, 0.25) is 5.91 Å². The van der Waals surface area contributed by atoms with Crippen LogP contribution in [-0.2, 0) is 4.79 Å². The van der Waals surface area contributed by atoms with Gasteiger partial charge in [-0.25, -0.2) is 0 Å². The summed E-state index contributed by atoms with van der Waals surface area (Å²) in [6.07, 6.45) is 2.36. The van der Waals surface area contributed by atoms with Gasteiger partial charge in [-0.05, 0) is 57.1 Å². The number of carbonyl (C=O) groups excluding carboxylic acids is 1. The first-order chi connectivity index (χ1) is 10.1.